The third kappa shape index (κ3) is 4.37. The molecule has 0 saturated heterocycles. The summed E-state index contributed by atoms with van der Waals surface area (Å²) in [5.41, 5.74) is 2.34. The second kappa shape index (κ2) is 10.7. The third-order valence-electron chi connectivity index (χ3n) is 6.49. The van der Waals surface area contributed by atoms with Crippen LogP contribution in [0.3, 0.4) is 0 Å². The van der Waals surface area contributed by atoms with Gasteiger partial charge in [-0.1, -0.05) is 115 Å². The Morgan fingerprint density at radius 3 is 1.00 bits per heavy atom. The molecule has 0 fully saturated rings. The van der Waals surface area contributed by atoms with Crippen molar-refractivity contribution in [2.75, 3.05) is 14.2 Å². The molecule has 0 saturated carbocycles. The third-order valence-corrected chi connectivity index (χ3v) is 10.9. The van der Waals surface area contributed by atoms with Crippen LogP contribution >= 0.6 is 6.89 Å². The smallest absolute Gasteiger partial charge is 0.118 e. The maximum Gasteiger partial charge on any atom is 0.118 e. The van der Waals surface area contributed by atoms with Crippen LogP contribution < -0.4 is 25.4 Å². The first kappa shape index (κ1) is 23.7. The van der Waals surface area contributed by atoms with Gasteiger partial charge in [-0.25, -0.2) is 0 Å². The molecule has 36 heavy (non-hydrogen) atoms. The Kier molecular flexibility index (Phi) is 7.07. The summed E-state index contributed by atoms with van der Waals surface area (Å²) in [6.45, 7) is -2.32. The molecule has 5 rings (SSSR count). The Balaban J connectivity index is 2.03. The molecular weight excluding hydrogens is 459 g/mol. The molecular formula is C33H29O2P. The molecule has 0 aromatic heterocycles. The number of hydrogen-bond acceptors (Lipinski definition) is 2. The van der Waals surface area contributed by atoms with E-state index in [2.05, 4.69) is 140 Å². The van der Waals surface area contributed by atoms with Crippen molar-refractivity contribution in [3.63, 3.8) is 0 Å². The fraction of sp³-hybridized carbons (Fsp3) is 0.0606. The Morgan fingerprint density at radius 2 is 0.722 bits per heavy atom. The molecule has 0 N–H and O–H groups in total. The summed E-state index contributed by atoms with van der Waals surface area (Å²) in [6, 6.07) is 49.8. The highest BCUT2D eigenvalue weighted by atomic mass is 31.2. The van der Waals surface area contributed by atoms with Crippen LogP contribution in [-0.4, -0.2) is 19.5 Å². The zero-order chi connectivity index (χ0) is 24.8. The van der Waals surface area contributed by atoms with Crippen molar-refractivity contribution in [3.05, 3.63) is 151 Å². The Bertz CT molecular complexity index is 1310. The lowest BCUT2D eigenvalue weighted by Gasteiger charge is -2.33. The zero-order valence-corrected chi connectivity index (χ0v) is 21.4. The molecule has 0 heterocycles. The number of benzene rings is 5. The van der Waals surface area contributed by atoms with E-state index < -0.39 is 6.89 Å². The maximum atomic E-state index is 5.51. The summed E-state index contributed by atoms with van der Waals surface area (Å²) >= 11 is 0. The van der Waals surface area contributed by atoms with Gasteiger partial charge in [0.2, 0.25) is 0 Å². The number of ether oxygens (including phenoxy) is 2. The Labute approximate surface area is 213 Å². The minimum absolute atomic E-state index is 0.843. The SMILES string of the molecule is COc1ccc(C(c2ccc(OC)cc2)=P(c2ccccc2)(c2ccccc2)c2ccccc2)cc1. The number of rotatable bonds is 7. The van der Waals surface area contributed by atoms with Gasteiger partial charge in [0.05, 0.1) is 14.2 Å². The van der Waals surface area contributed by atoms with Crippen LogP contribution in [0.5, 0.6) is 11.5 Å². The van der Waals surface area contributed by atoms with Crippen LogP contribution in [-0.2, 0) is 0 Å². The zero-order valence-electron chi connectivity index (χ0n) is 20.5. The van der Waals surface area contributed by atoms with Crippen molar-refractivity contribution in [2.45, 2.75) is 0 Å². The Morgan fingerprint density at radius 1 is 0.417 bits per heavy atom. The molecule has 0 bridgehead atoms. The molecule has 0 aliphatic rings. The van der Waals surface area contributed by atoms with Gasteiger partial charge in [-0.3, -0.25) is 0 Å². The van der Waals surface area contributed by atoms with Gasteiger partial charge in [0.25, 0.3) is 0 Å². The van der Waals surface area contributed by atoms with Gasteiger partial charge in [-0.05, 0) is 63.5 Å². The molecule has 0 aliphatic heterocycles. The van der Waals surface area contributed by atoms with Crippen molar-refractivity contribution < 1.29 is 9.47 Å². The quantitative estimate of drug-likeness (QED) is 0.252. The van der Waals surface area contributed by atoms with Crippen LogP contribution in [0, 0.1) is 0 Å². The first-order valence-electron chi connectivity index (χ1n) is 12.0. The highest BCUT2D eigenvalue weighted by Crippen LogP contribution is 2.49. The van der Waals surface area contributed by atoms with Crippen molar-refractivity contribution in [2.24, 2.45) is 0 Å². The summed E-state index contributed by atoms with van der Waals surface area (Å²) in [4.78, 5) is 0. The summed E-state index contributed by atoms with van der Waals surface area (Å²) in [5, 5.41) is 5.23. The van der Waals surface area contributed by atoms with E-state index in [1.165, 1.54) is 32.3 Å². The van der Waals surface area contributed by atoms with Crippen molar-refractivity contribution in [1.82, 2.24) is 0 Å². The van der Waals surface area contributed by atoms with Crippen molar-refractivity contribution in [1.29, 1.82) is 0 Å². The van der Waals surface area contributed by atoms with E-state index in [-0.39, 0.29) is 0 Å². The van der Waals surface area contributed by atoms with Crippen LogP contribution in [0.2, 0.25) is 0 Å². The predicted molar refractivity (Wildman–Crippen MR) is 154 cm³/mol. The van der Waals surface area contributed by atoms with Gasteiger partial charge in [0, 0.05) is 0 Å². The molecule has 0 spiro atoms. The average molecular weight is 489 g/mol. The van der Waals surface area contributed by atoms with Gasteiger partial charge in [0.1, 0.15) is 11.5 Å². The average Bonchev–Trinajstić information content (AvgIpc) is 2.97. The highest BCUT2D eigenvalue weighted by molar-refractivity contribution is 7.96. The first-order valence-corrected chi connectivity index (χ1v) is 13.8. The van der Waals surface area contributed by atoms with Crippen LogP contribution in [0.4, 0.5) is 0 Å². The minimum Gasteiger partial charge on any atom is -0.497 e. The second-order valence-corrected chi connectivity index (χ2v) is 11.8. The topological polar surface area (TPSA) is 18.5 Å². The molecule has 178 valence electrons. The van der Waals surface area contributed by atoms with E-state index in [4.69, 9.17) is 9.47 Å². The normalized spacial score (nSPS) is 11.1. The van der Waals surface area contributed by atoms with Crippen LogP contribution in [0.25, 0.3) is 0 Å². The predicted octanol–water partition coefficient (Wildman–Crippen LogP) is 6.27. The van der Waals surface area contributed by atoms with E-state index in [1.807, 2.05) is 0 Å². The Hall–Kier alpha value is -4.00. The maximum absolute atomic E-state index is 5.51. The fourth-order valence-corrected chi connectivity index (χ4v) is 9.44. The van der Waals surface area contributed by atoms with Gasteiger partial charge in [-0.15, -0.1) is 0 Å². The lowest BCUT2D eigenvalue weighted by molar-refractivity contribution is 0.414. The van der Waals surface area contributed by atoms with E-state index in [1.54, 1.807) is 14.2 Å². The summed E-state index contributed by atoms with van der Waals surface area (Å²) < 4.78 is 11.0. The summed E-state index contributed by atoms with van der Waals surface area (Å²) in [7, 11) is 3.41. The van der Waals surface area contributed by atoms with Gasteiger partial charge in [0.15, 0.2) is 0 Å². The molecule has 2 nitrogen and oxygen atoms in total. The van der Waals surface area contributed by atoms with Crippen LogP contribution in [0.15, 0.2) is 140 Å². The van der Waals surface area contributed by atoms with Gasteiger partial charge in [-0.2, -0.15) is 0 Å². The standard InChI is InChI=1S/C33H29O2P/c1-34-28-22-18-26(19-23-28)33(27-20-24-29(35-2)25-21-27)36(30-12-6-3-7-13-30,31-14-8-4-9-15-31)32-16-10-5-11-17-32/h3-25H,1-2H3. The number of methoxy groups -OCH3 is 2. The fourth-order valence-electron chi connectivity index (χ4n) is 4.84. The van der Waals surface area contributed by atoms with E-state index in [0.29, 0.717) is 0 Å². The monoisotopic (exact) mass is 488 g/mol. The molecule has 0 amide bonds. The number of hydrogen-bond donors (Lipinski definition) is 0. The molecule has 3 heteroatoms. The second-order valence-electron chi connectivity index (χ2n) is 8.48. The van der Waals surface area contributed by atoms with Gasteiger partial charge >= 0.3 is 0 Å². The van der Waals surface area contributed by atoms with E-state index in [9.17, 15) is 0 Å². The molecule has 0 radical (unpaired) electrons. The molecule has 0 atom stereocenters. The van der Waals surface area contributed by atoms with Crippen molar-refractivity contribution >= 4 is 28.1 Å². The largest absolute Gasteiger partial charge is 0.497 e. The molecule has 0 unspecified atom stereocenters. The lowest BCUT2D eigenvalue weighted by Crippen LogP contribution is -2.31. The molecule has 0 aliphatic carbocycles. The van der Waals surface area contributed by atoms with Crippen LogP contribution in [0.1, 0.15) is 11.1 Å². The lowest BCUT2D eigenvalue weighted by atomic mass is 10.0. The molecule has 5 aromatic rings. The first-order chi connectivity index (χ1) is 17.8. The molecule has 5 aromatic carbocycles. The van der Waals surface area contributed by atoms with E-state index in [0.717, 1.165) is 11.5 Å². The summed E-state index contributed by atoms with van der Waals surface area (Å²) in [5.74, 6) is 1.69. The minimum atomic E-state index is -2.32. The van der Waals surface area contributed by atoms with Crippen molar-refractivity contribution in [3.8, 4) is 11.5 Å². The van der Waals surface area contributed by atoms with E-state index >= 15 is 0 Å². The highest BCUT2D eigenvalue weighted by Gasteiger charge is 2.31. The van der Waals surface area contributed by atoms with Gasteiger partial charge < -0.3 is 9.47 Å². The summed E-state index contributed by atoms with van der Waals surface area (Å²) in [6.07, 6.45) is 0.